The normalized spacial score (nSPS) is 10.8. The summed E-state index contributed by atoms with van der Waals surface area (Å²) in [7, 11) is 0. The number of hydrogen-bond acceptors (Lipinski definition) is 4. The topological polar surface area (TPSA) is 84.7 Å². The Kier molecular flexibility index (Phi) is 2.79. The molecule has 0 aromatic carbocycles. The third kappa shape index (κ3) is 2.10. The molecule has 3 heterocycles. The predicted octanol–water partition coefficient (Wildman–Crippen LogP) is 2.33. The van der Waals surface area contributed by atoms with Crippen molar-refractivity contribution in [2.45, 2.75) is 0 Å². The van der Waals surface area contributed by atoms with Crippen LogP contribution in [0.4, 0.5) is 5.82 Å². The maximum absolute atomic E-state index is 11.6. The van der Waals surface area contributed by atoms with Crippen LogP contribution < -0.4 is 11.3 Å². The smallest absolute Gasteiger partial charge is 0.257 e. The first kappa shape index (κ1) is 11.9. The van der Waals surface area contributed by atoms with Gasteiger partial charge in [-0.05, 0) is 39.5 Å². The Bertz CT molecular complexity index is 828. The van der Waals surface area contributed by atoms with Gasteiger partial charge in [-0.3, -0.25) is 9.78 Å². The Morgan fingerprint density at radius 3 is 2.89 bits per heavy atom. The highest BCUT2D eigenvalue weighted by Gasteiger charge is 2.08. The summed E-state index contributed by atoms with van der Waals surface area (Å²) in [5, 5.41) is 1.36. The van der Waals surface area contributed by atoms with E-state index < -0.39 is 0 Å². The summed E-state index contributed by atoms with van der Waals surface area (Å²) >= 11 is 3.35. The van der Waals surface area contributed by atoms with Crippen molar-refractivity contribution in [3.63, 3.8) is 0 Å². The minimum absolute atomic E-state index is 0.156. The van der Waals surface area contributed by atoms with Gasteiger partial charge in [-0.1, -0.05) is 0 Å². The van der Waals surface area contributed by atoms with Crippen molar-refractivity contribution in [3.8, 4) is 11.3 Å². The fourth-order valence-corrected chi connectivity index (χ4v) is 2.22. The third-order valence-corrected chi connectivity index (χ3v) is 3.25. The Morgan fingerprint density at radius 1 is 1.21 bits per heavy atom. The molecule has 3 rings (SSSR count). The van der Waals surface area contributed by atoms with Crippen molar-refractivity contribution < 1.29 is 0 Å². The molecule has 3 aromatic heterocycles. The van der Waals surface area contributed by atoms with Gasteiger partial charge in [-0.15, -0.1) is 0 Å². The van der Waals surface area contributed by atoms with E-state index >= 15 is 0 Å². The summed E-state index contributed by atoms with van der Waals surface area (Å²) in [6, 6.07) is 5.50. The summed E-state index contributed by atoms with van der Waals surface area (Å²) in [5.41, 5.74) is 7.12. The molecule has 3 aromatic rings. The monoisotopic (exact) mass is 316 g/mol. The zero-order chi connectivity index (χ0) is 13.4. The fourth-order valence-electron chi connectivity index (χ4n) is 1.89. The highest BCUT2D eigenvalue weighted by atomic mass is 79.9. The number of anilines is 1. The summed E-state index contributed by atoms with van der Waals surface area (Å²) < 4.78 is 0.824. The zero-order valence-electron chi connectivity index (χ0n) is 9.72. The van der Waals surface area contributed by atoms with Gasteiger partial charge in [0.15, 0.2) is 0 Å². The van der Waals surface area contributed by atoms with Gasteiger partial charge >= 0.3 is 0 Å². The molecule has 0 aliphatic rings. The number of nitrogen functional groups attached to an aromatic ring is 1. The van der Waals surface area contributed by atoms with E-state index in [0.717, 1.165) is 15.4 Å². The molecule has 6 heteroatoms. The van der Waals surface area contributed by atoms with Crippen molar-refractivity contribution in [2.75, 3.05) is 5.73 Å². The SMILES string of the molecule is Nc1ncc(Br)cc1-c1cc2cc[nH]c(=O)c2cn1. The van der Waals surface area contributed by atoms with Crippen LogP contribution in [0, 0.1) is 0 Å². The number of aromatic amines is 1. The zero-order valence-corrected chi connectivity index (χ0v) is 11.3. The van der Waals surface area contributed by atoms with Gasteiger partial charge in [0.2, 0.25) is 0 Å². The average Bonchev–Trinajstić information content (AvgIpc) is 2.41. The van der Waals surface area contributed by atoms with Crippen molar-refractivity contribution in [2.24, 2.45) is 0 Å². The van der Waals surface area contributed by atoms with Gasteiger partial charge in [0.1, 0.15) is 5.82 Å². The predicted molar refractivity (Wildman–Crippen MR) is 77.7 cm³/mol. The maximum Gasteiger partial charge on any atom is 0.257 e. The molecule has 94 valence electrons. The van der Waals surface area contributed by atoms with E-state index in [4.69, 9.17) is 5.73 Å². The molecule has 0 spiro atoms. The second kappa shape index (κ2) is 4.47. The van der Waals surface area contributed by atoms with E-state index in [9.17, 15) is 4.79 Å². The Balaban J connectivity index is 2.26. The van der Waals surface area contributed by atoms with Crippen LogP contribution in [0.25, 0.3) is 22.0 Å². The van der Waals surface area contributed by atoms with Crippen LogP contribution in [0.1, 0.15) is 0 Å². The van der Waals surface area contributed by atoms with Crippen molar-refractivity contribution >= 4 is 32.5 Å². The number of rotatable bonds is 1. The number of hydrogen-bond donors (Lipinski definition) is 2. The van der Waals surface area contributed by atoms with Crippen LogP contribution in [0.15, 0.2) is 46.1 Å². The third-order valence-electron chi connectivity index (χ3n) is 2.82. The lowest BCUT2D eigenvalue weighted by Gasteiger charge is -2.05. The van der Waals surface area contributed by atoms with Crippen molar-refractivity contribution in [3.05, 3.63) is 51.6 Å². The van der Waals surface area contributed by atoms with Gasteiger partial charge in [0.05, 0.1) is 11.1 Å². The van der Waals surface area contributed by atoms with Crippen molar-refractivity contribution in [1.29, 1.82) is 0 Å². The van der Waals surface area contributed by atoms with Gasteiger partial charge in [0.25, 0.3) is 5.56 Å². The van der Waals surface area contributed by atoms with E-state index in [2.05, 4.69) is 30.9 Å². The lowest BCUT2D eigenvalue weighted by Crippen LogP contribution is -2.05. The molecular formula is C13H9BrN4O. The highest BCUT2D eigenvalue weighted by molar-refractivity contribution is 9.10. The van der Waals surface area contributed by atoms with E-state index in [1.54, 1.807) is 18.6 Å². The molecule has 0 aliphatic carbocycles. The molecule has 3 N–H and O–H groups in total. The van der Waals surface area contributed by atoms with Gasteiger partial charge < -0.3 is 10.7 Å². The molecule has 0 saturated heterocycles. The van der Waals surface area contributed by atoms with Crippen LogP contribution in [0.2, 0.25) is 0 Å². The molecule has 0 atom stereocenters. The van der Waals surface area contributed by atoms with Crippen molar-refractivity contribution in [1.82, 2.24) is 15.0 Å². The molecule has 0 bridgehead atoms. The first-order valence-corrected chi connectivity index (χ1v) is 6.33. The average molecular weight is 317 g/mol. The summed E-state index contributed by atoms with van der Waals surface area (Å²) in [5.74, 6) is 0.403. The molecule has 0 aliphatic heterocycles. The fraction of sp³-hybridized carbons (Fsp3) is 0. The minimum Gasteiger partial charge on any atom is -0.383 e. The number of nitrogens with zero attached hydrogens (tertiary/aromatic N) is 2. The summed E-state index contributed by atoms with van der Waals surface area (Å²) in [4.78, 5) is 22.6. The summed E-state index contributed by atoms with van der Waals surface area (Å²) in [6.45, 7) is 0. The number of pyridine rings is 3. The first-order valence-electron chi connectivity index (χ1n) is 5.54. The maximum atomic E-state index is 11.6. The molecule has 0 amide bonds. The van der Waals surface area contributed by atoms with E-state index in [1.807, 2.05) is 18.2 Å². The van der Waals surface area contributed by atoms with Crippen LogP contribution in [0.5, 0.6) is 0 Å². The Hall–Kier alpha value is -2.21. The number of fused-ring (bicyclic) bond motifs is 1. The lowest BCUT2D eigenvalue weighted by atomic mass is 10.1. The number of aromatic nitrogens is 3. The molecule has 5 nitrogen and oxygen atoms in total. The highest BCUT2D eigenvalue weighted by Crippen LogP contribution is 2.27. The van der Waals surface area contributed by atoms with E-state index in [0.29, 0.717) is 16.9 Å². The Morgan fingerprint density at radius 2 is 2.05 bits per heavy atom. The largest absolute Gasteiger partial charge is 0.383 e. The van der Waals surface area contributed by atoms with E-state index in [1.165, 1.54) is 0 Å². The number of nitrogens with one attached hydrogen (secondary N) is 1. The van der Waals surface area contributed by atoms with Gasteiger partial charge in [-0.25, -0.2) is 4.98 Å². The molecule has 0 unspecified atom stereocenters. The quantitative estimate of drug-likeness (QED) is 0.721. The van der Waals surface area contributed by atoms with Gasteiger partial charge in [0, 0.05) is 28.6 Å². The number of H-pyrrole nitrogens is 1. The van der Waals surface area contributed by atoms with Crippen LogP contribution >= 0.6 is 15.9 Å². The molecule has 0 saturated carbocycles. The standard InChI is InChI=1S/C13H9BrN4O/c14-8-4-9(12(15)18-5-8)11-3-7-1-2-16-13(19)10(7)6-17-11/h1-6H,(H2,15,18)(H,16,19). The van der Waals surface area contributed by atoms with Crippen LogP contribution in [0.3, 0.4) is 0 Å². The lowest BCUT2D eigenvalue weighted by molar-refractivity contribution is 1.25. The minimum atomic E-state index is -0.156. The second-order valence-corrected chi connectivity index (χ2v) is 4.97. The van der Waals surface area contributed by atoms with Crippen LogP contribution in [-0.2, 0) is 0 Å². The number of halogens is 1. The first-order chi connectivity index (χ1) is 9.15. The van der Waals surface area contributed by atoms with Gasteiger partial charge in [-0.2, -0.15) is 0 Å². The number of nitrogens with two attached hydrogens (primary N) is 1. The summed E-state index contributed by atoms with van der Waals surface area (Å²) in [6.07, 6.45) is 4.78. The molecule has 0 fully saturated rings. The molecular weight excluding hydrogens is 308 g/mol. The molecule has 19 heavy (non-hydrogen) atoms. The second-order valence-electron chi connectivity index (χ2n) is 4.05. The Labute approximate surface area is 116 Å². The molecule has 0 radical (unpaired) electrons. The van der Waals surface area contributed by atoms with E-state index in [-0.39, 0.29) is 5.56 Å². The van der Waals surface area contributed by atoms with Crippen LogP contribution in [-0.4, -0.2) is 15.0 Å².